The van der Waals surface area contributed by atoms with Crippen LogP contribution < -0.4 is 4.90 Å². The zero-order valence-corrected chi connectivity index (χ0v) is 13.8. The first-order valence-electron chi connectivity index (χ1n) is 8.52. The molecule has 9 atom stereocenters. The minimum Gasteiger partial charge on any atom is -0.380 e. The van der Waals surface area contributed by atoms with Crippen LogP contribution in [0.4, 0.5) is 0 Å². The molecule has 0 aromatic carbocycles. The summed E-state index contributed by atoms with van der Waals surface area (Å²) in [7, 11) is 4.11. The number of nitrogens with one attached hydrogen (secondary N) is 1. The molecule has 4 aliphatic rings. The van der Waals surface area contributed by atoms with Gasteiger partial charge in [-0.2, -0.15) is 0 Å². The van der Waals surface area contributed by atoms with Gasteiger partial charge in [0.2, 0.25) is 0 Å². The average Bonchev–Trinajstić information content (AvgIpc) is 3.13. The van der Waals surface area contributed by atoms with E-state index in [9.17, 15) is 0 Å². The molecule has 5 heteroatoms. The van der Waals surface area contributed by atoms with Gasteiger partial charge in [-0.3, -0.25) is 0 Å². The number of quaternary nitrogens is 1. The maximum atomic E-state index is 6.36. The molecule has 0 aromatic rings. The minimum atomic E-state index is 0.166. The summed E-state index contributed by atoms with van der Waals surface area (Å²) >= 11 is 0. The molecule has 0 bridgehead atoms. The average molecular weight is 310 g/mol. The van der Waals surface area contributed by atoms with Gasteiger partial charge in [-0.1, -0.05) is 12.2 Å². The zero-order chi connectivity index (χ0) is 15.4. The lowest BCUT2D eigenvalue weighted by atomic mass is 9.69. The number of fused-ring (bicyclic) bond motifs is 4. The summed E-state index contributed by atoms with van der Waals surface area (Å²) in [5, 5.41) is 0. The van der Waals surface area contributed by atoms with Crippen LogP contribution in [0.5, 0.6) is 0 Å². The quantitative estimate of drug-likeness (QED) is 0.748. The second-order valence-electron chi connectivity index (χ2n) is 7.46. The van der Waals surface area contributed by atoms with E-state index >= 15 is 0 Å². The van der Waals surface area contributed by atoms with Crippen molar-refractivity contribution >= 4 is 0 Å². The number of hydrogen-bond acceptors (Lipinski definition) is 4. The SMILES string of the molecule is C=C(C)C1CC2C(OC)C3CCC4OCOC4C3[NH+](C)C2O1. The number of likely N-dealkylation sites (tertiary alicyclic amines) is 1. The topological polar surface area (TPSA) is 41.4 Å². The first-order chi connectivity index (χ1) is 10.6. The first-order valence-corrected chi connectivity index (χ1v) is 8.52. The molecule has 0 spiro atoms. The van der Waals surface area contributed by atoms with Gasteiger partial charge < -0.3 is 23.8 Å². The van der Waals surface area contributed by atoms with Crippen LogP contribution in [0.15, 0.2) is 12.2 Å². The van der Waals surface area contributed by atoms with Gasteiger partial charge in [0.15, 0.2) is 6.23 Å². The van der Waals surface area contributed by atoms with Crippen molar-refractivity contribution in [1.29, 1.82) is 0 Å². The Balaban J connectivity index is 1.64. The van der Waals surface area contributed by atoms with Crippen LogP contribution in [0, 0.1) is 11.8 Å². The van der Waals surface area contributed by atoms with E-state index in [1.165, 1.54) is 4.90 Å². The summed E-state index contributed by atoms with van der Waals surface area (Å²) in [4.78, 5) is 1.44. The lowest BCUT2D eigenvalue weighted by Gasteiger charge is -2.50. The Bertz CT molecular complexity index is 456. The smallest absolute Gasteiger partial charge is 0.197 e. The monoisotopic (exact) mass is 310 g/mol. The summed E-state index contributed by atoms with van der Waals surface area (Å²) in [6.07, 6.45) is 4.31. The molecular formula is C17H28NO4+. The molecule has 0 radical (unpaired) electrons. The van der Waals surface area contributed by atoms with Crippen molar-refractivity contribution in [2.45, 2.75) is 62.9 Å². The molecule has 1 aliphatic carbocycles. The fraction of sp³-hybridized carbons (Fsp3) is 0.882. The van der Waals surface area contributed by atoms with E-state index in [1.54, 1.807) is 0 Å². The van der Waals surface area contributed by atoms with E-state index in [0.29, 0.717) is 24.7 Å². The maximum absolute atomic E-state index is 6.36. The molecule has 4 fully saturated rings. The van der Waals surface area contributed by atoms with Crippen molar-refractivity contribution < 1.29 is 23.8 Å². The van der Waals surface area contributed by atoms with Crippen LogP contribution in [-0.2, 0) is 18.9 Å². The van der Waals surface area contributed by atoms with Crippen molar-refractivity contribution in [2.24, 2.45) is 11.8 Å². The van der Waals surface area contributed by atoms with Gasteiger partial charge in [0, 0.05) is 13.0 Å². The van der Waals surface area contributed by atoms with E-state index in [4.69, 9.17) is 18.9 Å². The second-order valence-corrected chi connectivity index (χ2v) is 7.46. The van der Waals surface area contributed by atoms with E-state index < -0.39 is 0 Å². The highest BCUT2D eigenvalue weighted by molar-refractivity contribution is 5.06. The molecule has 4 rings (SSSR count). The zero-order valence-electron chi connectivity index (χ0n) is 13.8. The number of piperidine rings is 1. The summed E-state index contributed by atoms with van der Waals surface area (Å²) in [5.41, 5.74) is 1.12. The van der Waals surface area contributed by atoms with Crippen LogP contribution in [0.2, 0.25) is 0 Å². The predicted molar refractivity (Wildman–Crippen MR) is 80.4 cm³/mol. The van der Waals surface area contributed by atoms with Crippen LogP contribution in [0.3, 0.4) is 0 Å². The Morgan fingerprint density at radius 3 is 2.77 bits per heavy atom. The van der Waals surface area contributed by atoms with E-state index in [1.807, 2.05) is 7.11 Å². The van der Waals surface area contributed by atoms with Gasteiger partial charge in [0.05, 0.1) is 31.3 Å². The Hall–Kier alpha value is -0.460. The standard InChI is InChI=1S/C17H27NO4/c1-9(2)13-7-11-15(19-4)10-5-6-12-16(21-8-20-12)14(10)18(3)17(11)22-13/h10-17H,1,5-8H2,2-4H3/p+1. The van der Waals surface area contributed by atoms with Crippen molar-refractivity contribution in [3.8, 4) is 0 Å². The number of rotatable bonds is 2. The summed E-state index contributed by atoms with van der Waals surface area (Å²) in [6.45, 7) is 6.60. The lowest BCUT2D eigenvalue weighted by molar-refractivity contribution is -0.971. The Labute approximate surface area is 132 Å². The molecule has 3 aliphatic heterocycles. The Morgan fingerprint density at radius 1 is 1.23 bits per heavy atom. The summed E-state index contributed by atoms with van der Waals surface area (Å²) in [6, 6.07) is 0.399. The van der Waals surface area contributed by atoms with Crippen molar-refractivity contribution in [2.75, 3.05) is 21.0 Å². The minimum absolute atomic E-state index is 0.166. The highest BCUT2D eigenvalue weighted by atomic mass is 16.7. The van der Waals surface area contributed by atoms with Crippen LogP contribution >= 0.6 is 0 Å². The van der Waals surface area contributed by atoms with Crippen molar-refractivity contribution in [1.82, 2.24) is 0 Å². The van der Waals surface area contributed by atoms with Gasteiger partial charge in [-0.15, -0.1) is 0 Å². The molecule has 9 unspecified atom stereocenters. The van der Waals surface area contributed by atoms with Crippen LogP contribution in [0.1, 0.15) is 26.2 Å². The van der Waals surface area contributed by atoms with E-state index in [-0.39, 0.29) is 30.6 Å². The van der Waals surface area contributed by atoms with E-state index in [0.717, 1.165) is 24.8 Å². The highest BCUT2D eigenvalue weighted by Gasteiger charge is 2.61. The molecule has 3 saturated heterocycles. The molecule has 3 heterocycles. The third-order valence-electron chi connectivity index (χ3n) is 6.34. The van der Waals surface area contributed by atoms with Gasteiger partial charge in [0.25, 0.3) is 0 Å². The largest absolute Gasteiger partial charge is 0.380 e. The third-order valence-corrected chi connectivity index (χ3v) is 6.34. The third kappa shape index (κ3) is 2.10. The molecule has 0 amide bonds. The second kappa shape index (κ2) is 5.56. The fourth-order valence-electron chi connectivity index (χ4n) is 5.36. The Kier molecular flexibility index (Phi) is 3.82. The van der Waals surface area contributed by atoms with Gasteiger partial charge >= 0.3 is 0 Å². The molecule has 22 heavy (non-hydrogen) atoms. The predicted octanol–water partition coefficient (Wildman–Crippen LogP) is 0.357. The van der Waals surface area contributed by atoms with Gasteiger partial charge in [0.1, 0.15) is 18.9 Å². The number of hydrogen-bond donors (Lipinski definition) is 1. The fourth-order valence-corrected chi connectivity index (χ4v) is 5.36. The normalized spacial score (nSPS) is 53.7. The molecule has 124 valence electrons. The Morgan fingerprint density at radius 2 is 2.05 bits per heavy atom. The first kappa shape index (κ1) is 15.1. The van der Waals surface area contributed by atoms with E-state index in [2.05, 4.69) is 20.6 Å². The molecule has 5 nitrogen and oxygen atoms in total. The molecule has 1 N–H and O–H groups in total. The van der Waals surface area contributed by atoms with Crippen molar-refractivity contribution in [3.63, 3.8) is 0 Å². The van der Waals surface area contributed by atoms with Gasteiger partial charge in [-0.25, -0.2) is 0 Å². The number of methoxy groups -OCH3 is 1. The number of likely N-dealkylation sites (N-methyl/N-ethyl adjacent to an activating group) is 1. The molecule has 1 saturated carbocycles. The lowest BCUT2D eigenvalue weighted by Crippen LogP contribution is -3.21. The molecule has 0 aromatic heterocycles. The van der Waals surface area contributed by atoms with Crippen LogP contribution in [0.25, 0.3) is 0 Å². The molecular weight excluding hydrogens is 282 g/mol. The highest BCUT2D eigenvalue weighted by Crippen LogP contribution is 2.43. The summed E-state index contributed by atoms with van der Waals surface area (Å²) in [5.74, 6) is 0.980. The summed E-state index contributed by atoms with van der Waals surface area (Å²) < 4.78 is 24.0. The maximum Gasteiger partial charge on any atom is 0.197 e. The van der Waals surface area contributed by atoms with Crippen molar-refractivity contribution in [3.05, 3.63) is 12.2 Å². The van der Waals surface area contributed by atoms with Crippen LogP contribution in [-0.4, -0.2) is 57.6 Å². The number of ether oxygens (including phenoxy) is 4. The van der Waals surface area contributed by atoms with Gasteiger partial charge in [-0.05, 0) is 26.2 Å².